The first-order chi connectivity index (χ1) is 21.5. The summed E-state index contributed by atoms with van der Waals surface area (Å²) >= 11 is 12.9. The summed E-state index contributed by atoms with van der Waals surface area (Å²) in [6.07, 6.45) is -0.207. The van der Waals surface area contributed by atoms with Gasteiger partial charge in [-0.05, 0) is 85.5 Å². The van der Waals surface area contributed by atoms with Crippen LogP contribution in [0.5, 0.6) is 23.3 Å². The van der Waals surface area contributed by atoms with Crippen LogP contribution < -0.4 is 20.6 Å². The van der Waals surface area contributed by atoms with Gasteiger partial charge >= 0.3 is 11.9 Å². The number of H-pyrrole nitrogens is 2. The lowest BCUT2D eigenvalue weighted by Gasteiger charge is -2.12. The molecule has 0 fully saturated rings. The minimum absolute atomic E-state index is 0.0265. The van der Waals surface area contributed by atoms with Crippen LogP contribution in [0.2, 0.25) is 5.02 Å². The van der Waals surface area contributed by atoms with E-state index in [4.69, 9.17) is 31.3 Å². The van der Waals surface area contributed by atoms with E-state index in [2.05, 4.69) is 52.3 Å². The van der Waals surface area contributed by atoms with Gasteiger partial charge < -0.3 is 19.7 Å². The van der Waals surface area contributed by atoms with Crippen LogP contribution in [0, 0.1) is 6.92 Å². The zero-order valence-corrected chi connectivity index (χ0v) is 29.3. The predicted octanol–water partition coefficient (Wildman–Crippen LogP) is 7.11. The Bertz CT molecular complexity index is 1690. The highest BCUT2D eigenvalue weighted by Gasteiger charge is 2.16. The molecule has 0 unspecified atom stereocenters. The van der Waals surface area contributed by atoms with Crippen LogP contribution in [0.25, 0.3) is 0 Å². The summed E-state index contributed by atoms with van der Waals surface area (Å²) in [6.45, 7) is 9.37. The Morgan fingerprint density at radius 2 is 1.17 bits per heavy atom. The number of nitrogens with zero attached hydrogens (tertiary/aromatic N) is 2. The van der Waals surface area contributed by atoms with Crippen molar-refractivity contribution in [1.82, 2.24) is 20.4 Å². The number of aryl methyl sites for hydroxylation is 1. The maximum absolute atomic E-state index is 11.7. The minimum atomic E-state index is -0.932. The van der Waals surface area contributed by atoms with E-state index in [9.17, 15) is 19.2 Å². The fourth-order valence-corrected chi connectivity index (χ4v) is 5.94. The smallest absolute Gasteiger partial charge is 0.307 e. The van der Waals surface area contributed by atoms with Crippen LogP contribution in [-0.4, -0.2) is 42.5 Å². The van der Waals surface area contributed by atoms with Crippen LogP contribution in [-0.2, 0) is 22.4 Å². The van der Waals surface area contributed by atoms with Crippen molar-refractivity contribution >= 4 is 55.4 Å². The number of hydrogen-bond acceptors (Lipinski definition) is 8. The predicted molar refractivity (Wildman–Crippen MR) is 179 cm³/mol. The summed E-state index contributed by atoms with van der Waals surface area (Å²) in [5, 5.41) is 30.5. The van der Waals surface area contributed by atoms with Crippen molar-refractivity contribution in [2.24, 2.45) is 0 Å². The lowest BCUT2D eigenvalue weighted by molar-refractivity contribution is -0.137. The molecule has 0 spiro atoms. The number of aromatic amines is 2. The molecule has 46 heavy (non-hydrogen) atoms. The highest BCUT2D eigenvalue weighted by molar-refractivity contribution is 9.11. The number of nitrogens with one attached hydrogen (secondary N) is 2. The number of carboxylic acids is 2. The van der Waals surface area contributed by atoms with Gasteiger partial charge in [-0.15, -0.1) is 10.2 Å². The summed E-state index contributed by atoms with van der Waals surface area (Å²) in [7, 11) is 0. The maximum atomic E-state index is 11.7. The molecule has 0 aliphatic heterocycles. The lowest BCUT2D eigenvalue weighted by Crippen LogP contribution is -2.15. The summed E-state index contributed by atoms with van der Waals surface area (Å²) in [5.74, 6) is -0.472. The molecule has 0 atom stereocenters. The Labute approximate surface area is 285 Å². The van der Waals surface area contributed by atoms with Gasteiger partial charge in [0.05, 0.1) is 26.8 Å². The monoisotopic (exact) mass is 780 g/mol. The third-order valence-corrected chi connectivity index (χ3v) is 7.79. The number of rotatable bonds is 10. The van der Waals surface area contributed by atoms with E-state index in [-0.39, 0.29) is 47.6 Å². The van der Waals surface area contributed by atoms with Crippen molar-refractivity contribution in [3.63, 3.8) is 0 Å². The number of hydrogen-bond donors (Lipinski definition) is 4. The van der Waals surface area contributed by atoms with Crippen LogP contribution >= 0.6 is 43.5 Å². The molecule has 2 heterocycles. The second-order valence-electron chi connectivity index (χ2n) is 10.7. The molecule has 0 radical (unpaired) electrons. The number of halogens is 3. The van der Waals surface area contributed by atoms with Gasteiger partial charge in [-0.3, -0.25) is 19.2 Å². The molecule has 4 aromatic rings. The third kappa shape index (κ3) is 9.99. The van der Waals surface area contributed by atoms with E-state index in [1.807, 2.05) is 27.7 Å². The summed E-state index contributed by atoms with van der Waals surface area (Å²) in [4.78, 5) is 45.0. The van der Waals surface area contributed by atoms with Gasteiger partial charge in [0.15, 0.2) is 11.5 Å². The molecule has 2 aromatic carbocycles. The standard InChI is InChI=1S/C16H17ClN2O4.C15H14Br2N2O4/c1-8(2)11-7-13(18-19-16(11)22)23-15-9(3)4-10(5-12(15)17)6-14(20)21;1-7(2)9-6-12(18-19-15(9)22)23-14-10(16)3-8(4-11(14)17)5-13(20)21/h4-5,7-8H,6H2,1-3H3,(H,19,22)(H,20,21);3-4,6-7H,5H2,1-2H3,(H,19,22)(H,20,21). The van der Waals surface area contributed by atoms with Gasteiger partial charge in [0, 0.05) is 23.3 Å². The third-order valence-electron chi connectivity index (χ3n) is 6.33. The fourth-order valence-electron chi connectivity index (χ4n) is 4.17. The molecular weight excluding hydrogens is 752 g/mol. The Balaban J connectivity index is 0.000000250. The van der Waals surface area contributed by atoms with Crippen molar-refractivity contribution in [1.29, 1.82) is 0 Å². The summed E-state index contributed by atoms with van der Waals surface area (Å²) in [6, 6.07) is 9.75. The van der Waals surface area contributed by atoms with E-state index >= 15 is 0 Å². The number of aromatic nitrogens is 4. The molecular formula is C31H31Br2ClN4O8. The van der Waals surface area contributed by atoms with E-state index in [1.165, 1.54) is 0 Å². The highest BCUT2D eigenvalue weighted by Crippen LogP contribution is 2.38. The van der Waals surface area contributed by atoms with Crippen molar-refractivity contribution in [2.75, 3.05) is 0 Å². The molecule has 0 amide bonds. The van der Waals surface area contributed by atoms with E-state index in [1.54, 1.807) is 43.3 Å². The van der Waals surface area contributed by atoms with E-state index < -0.39 is 11.9 Å². The zero-order valence-electron chi connectivity index (χ0n) is 25.4. The molecule has 4 rings (SSSR count). The Morgan fingerprint density at radius 1 is 0.761 bits per heavy atom. The first kappa shape index (κ1) is 36.5. The summed E-state index contributed by atoms with van der Waals surface area (Å²) < 4.78 is 12.6. The van der Waals surface area contributed by atoms with Gasteiger partial charge in [-0.1, -0.05) is 45.4 Å². The molecule has 2 aromatic heterocycles. The minimum Gasteiger partial charge on any atom is -0.481 e. The van der Waals surface area contributed by atoms with Gasteiger partial charge in [0.1, 0.15) is 0 Å². The van der Waals surface area contributed by atoms with Crippen LogP contribution in [0.15, 0.2) is 54.9 Å². The molecule has 0 saturated carbocycles. The summed E-state index contributed by atoms with van der Waals surface area (Å²) in [5.41, 5.74) is 2.53. The Morgan fingerprint density at radius 3 is 1.57 bits per heavy atom. The number of ether oxygens (including phenoxy) is 2. The number of carboxylic acid groups (broad SMARTS) is 2. The van der Waals surface area contributed by atoms with Crippen LogP contribution in [0.4, 0.5) is 0 Å². The average molecular weight is 783 g/mol. The second-order valence-corrected chi connectivity index (χ2v) is 12.9. The van der Waals surface area contributed by atoms with E-state index in [0.717, 1.165) is 0 Å². The molecule has 0 aliphatic rings. The molecule has 244 valence electrons. The molecule has 0 bridgehead atoms. The van der Waals surface area contributed by atoms with Crippen molar-refractivity contribution in [3.8, 4) is 23.3 Å². The molecule has 0 saturated heterocycles. The normalized spacial score (nSPS) is 10.8. The SMILES string of the molecule is CC(C)c1cc(Oc2c(Br)cc(CC(=O)O)cc2Br)n[nH]c1=O.Cc1cc(CC(=O)O)cc(Cl)c1Oc1cc(C(C)C)c(=O)[nH]n1. The van der Waals surface area contributed by atoms with Gasteiger partial charge in [-0.2, -0.15) is 0 Å². The zero-order chi connectivity index (χ0) is 34.3. The van der Waals surface area contributed by atoms with Crippen LogP contribution in [0.1, 0.15) is 67.3 Å². The van der Waals surface area contributed by atoms with Crippen LogP contribution in [0.3, 0.4) is 0 Å². The van der Waals surface area contributed by atoms with Crippen molar-refractivity contribution in [3.05, 3.63) is 98.9 Å². The second kappa shape index (κ2) is 16.0. The molecule has 0 aliphatic carbocycles. The van der Waals surface area contributed by atoms with Gasteiger partial charge in [0.25, 0.3) is 11.1 Å². The topological polar surface area (TPSA) is 185 Å². The number of carbonyl (C=O) groups is 2. The largest absolute Gasteiger partial charge is 0.481 e. The molecule has 12 nitrogen and oxygen atoms in total. The van der Waals surface area contributed by atoms with Gasteiger partial charge in [0.2, 0.25) is 11.8 Å². The lowest BCUT2D eigenvalue weighted by atomic mass is 10.1. The molecule has 4 N–H and O–H groups in total. The van der Waals surface area contributed by atoms with E-state index in [0.29, 0.717) is 53.3 Å². The maximum Gasteiger partial charge on any atom is 0.307 e. The molecule has 15 heteroatoms. The Kier molecular flexibility index (Phi) is 12.7. The quantitative estimate of drug-likeness (QED) is 0.129. The first-order valence-corrected chi connectivity index (χ1v) is 15.8. The van der Waals surface area contributed by atoms with Crippen molar-refractivity contribution in [2.45, 2.75) is 59.3 Å². The average Bonchev–Trinajstić information content (AvgIpc) is 2.94. The fraction of sp³-hybridized carbons (Fsp3) is 0.290. The Hall–Kier alpha value is -4.01. The highest BCUT2D eigenvalue weighted by atomic mass is 79.9. The van der Waals surface area contributed by atoms with Gasteiger partial charge in [-0.25, -0.2) is 10.2 Å². The van der Waals surface area contributed by atoms with Crippen molar-refractivity contribution < 1.29 is 29.3 Å². The first-order valence-electron chi connectivity index (χ1n) is 13.8. The number of benzene rings is 2. The number of aliphatic carboxylic acids is 2.